The highest BCUT2D eigenvalue weighted by Crippen LogP contribution is 2.53. The summed E-state index contributed by atoms with van der Waals surface area (Å²) in [4.78, 5) is 12.5. The Kier molecular flexibility index (Phi) is 7.77. The van der Waals surface area contributed by atoms with Gasteiger partial charge < -0.3 is 15.5 Å². The zero-order valence-electron chi connectivity index (χ0n) is 21.3. The number of amides is 1. The first kappa shape index (κ1) is 29.3. The number of aliphatic hydroxyl groups is 2. The molecule has 40 heavy (non-hydrogen) atoms. The highest BCUT2D eigenvalue weighted by Gasteiger charge is 2.59. The molecule has 0 aromatic heterocycles. The number of fused-ring (bicyclic) bond motifs is 2. The van der Waals surface area contributed by atoms with Gasteiger partial charge in [0.05, 0.1) is 32.6 Å². The van der Waals surface area contributed by atoms with E-state index < -0.39 is 66.2 Å². The van der Waals surface area contributed by atoms with Gasteiger partial charge in [0.1, 0.15) is 0 Å². The van der Waals surface area contributed by atoms with Gasteiger partial charge in [-0.3, -0.25) is 4.79 Å². The molecule has 0 radical (unpaired) electrons. The molecule has 2 aromatic carbocycles. The maximum absolute atomic E-state index is 13.7. The van der Waals surface area contributed by atoms with Crippen LogP contribution in [-0.4, -0.2) is 73.1 Å². The number of β-amino-alcohol motifs (C(OH)–C–C–N with tert-alkyl or cyclic N) is 1. The third-order valence-corrected chi connectivity index (χ3v) is 13.1. The van der Waals surface area contributed by atoms with Gasteiger partial charge in [-0.15, -0.1) is 0 Å². The third-order valence-electron chi connectivity index (χ3n) is 8.50. The molecular formula is C26H29ClF2N2O7S2. The van der Waals surface area contributed by atoms with Crippen molar-refractivity contribution in [2.75, 3.05) is 24.2 Å². The van der Waals surface area contributed by atoms with E-state index in [9.17, 15) is 40.6 Å². The van der Waals surface area contributed by atoms with Crippen LogP contribution in [0, 0.1) is 23.5 Å². The van der Waals surface area contributed by atoms with Gasteiger partial charge in [-0.2, -0.15) is 4.31 Å². The van der Waals surface area contributed by atoms with Gasteiger partial charge in [-0.05, 0) is 74.3 Å². The van der Waals surface area contributed by atoms with Crippen LogP contribution in [-0.2, 0) is 19.9 Å². The minimum Gasteiger partial charge on any atom is -0.389 e. The molecule has 5 rings (SSSR count). The molecule has 218 valence electrons. The summed E-state index contributed by atoms with van der Waals surface area (Å²) in [5.41, 5.74) is -1.71. The molecule has 14 heteroatoms. The third kappa shape index (κ3) is 5.16. The molecular weight excluding hydrogens is 590 g/mol. The lowest BCUT2D eigenvalue weighted by Crippen LogP contribution is -2.58. The van der Waals surface area contributed by atoms with E-state index in [1.807, 2.05) is 0 Å². The molecule has 1 aliphatic heterocycles. The van der Waals surface area contributed by atoms with Crippen molar-refractivity contribution in [2.24, 2.45) is 11.8 Å². The number of sulfonamides is 1. The Balaban J connectivity index is 1.35. The average molecular weight is 619 g/mol. The lowest BCUT2D eigenvalue weighted by Gasteiger charge is -2.45. The molecule has 3 unspecified atom stereocenters. The Bertz CT molecular complexity index is 1540. The second-order valence-corrected chi connectivity index (χ2v) is 15.5. The number of nitrogens with one attached hydrogen (secondary N) is 1. The Labute approximate surface area is 236 Å². The summed E-state index contributed by atoms with van der Waals surface area (Å²) in [6.07, 6.45) is 0.0808. The van der Waals surface area contributed by atoms with Crippen molar-refractivity contribution in [3.8, 4) is 0 Å². The number of carbonyl (C=O) groups is 1. The first-order valence-electron chi connectivity index (χ1n) is 12.9. The van der Waals surface area contributed by atoms with E-state index in [4.69, 9.17) is 11.6 Å². The van der Waals surface area contributed by atoms with Crippen molar-refractivity contribution < 1.29 is 40.6 Å². The maximum Gasteiger partial charge on any atom is 0.255 e. The zero-order chi connectivity index (χ0) is 29.0. The van der Waals surface area contributed by atoms with E-state index in [1.165, 1.54) is 16.4 Å². The van der Waals surface area contributed by atoms with E-state index in [0.29, 0.717) is 19.3 Å². The van der Waals surface area contributed by atoms with Crippen LogP contribution in [0.2, 0.25) is 5.02 Å². The van der Waals surface area contributed by atoms with Gasteiger partial charge >= 0.3 is 0 Å². The van der Waals surface area contributed by atoms with Gasteiger partial charge in [-0.25, -0.2) is 25.6 Å². The van der Waals surface area contributed by atoms with Gasteiger partial charge in [0.25, 0.3) is 5.91 Å². The van der Waals surface area contributed by atoms with E-state index in [0.717, 1.165) is 24.3 Å². The summed E-state index contributed by atoms with van der Waals surface area (Å²) in [6, 6.07) is 6.51. The minimum absolute atomic E-state index is 0.00996. The van der Waals surface area contributed by atoms with Gasteiger partial charge in [0, 0.05) is 30.4 Å². The van der Waals surface area contributed by atoms with E-state index in [-0.39, 0.29) is 52.9 Å². The average Bonchev–Trinajstić information content (AvgIpc) is 3.27. The van der Waals surface area contributed by atoms with Crippen LogP contribution in [0.25, 0.3) is 0 Å². The monoisotopic (exact) mass is 618 g/mol. The largest absolute Gasteiger partial charge is 0.389 e. The van der Waals surface area contributed by atoms with Gasteiger partial charge in [-0.1, -0.05) is 11.6 Å². The molecule has 3 fully saturated rings. The quantitative estimate of drug-likeness (QED) is 0.433. The van der Waals surface area contributed by atoms with Gasteiger partial charge in [0.2, 0.25) is 10.0 Å². The van der Waals surface area contributed by atoms with Crippen LogP contribution in [0.5, 0.6) is 0 Å². The second kappa shape index (κ2) is 10.6. The topological polar surface area (TPSA) is 141 Å². The van der Waals surface area contributed by atoms with Crippen molar-refractivity contribution in [3.05, 3.63) is 58.6 Å². The van der Waals surface area contributed by atoms with Gasteiger partial charge in [0.15, 0.2) is 21.5 Å². The highest BCUT2D eigenvalue weighted by atomic mass is 35.5. The normalized spacial score (nSPS) is 28.9. The number of aliphatic hydroxyl groups excluding tert-OH is 1. The second-order valence-electron chi connectivity index (χ2n) is 10.8. The van der Waals surface area contributed by atoms with E-state index >= 15 is 0 Å². The Morgan fingerprint density at radius 3 is 2.40 bits per heavy atom. The van der Waals surface area contributed by atoms with Crippen LogP contribution in [0.3, 0.4) is 0 Å². The number of hydrogen-bond donors (Lipinski definition) is 3. The minimum atomic E-state index is -4.10. The Morgan fingerprint density at radius 1 is 1.12 bits per heavy atom. The molecule has 2 aliphatic carbocycles. The van der Waals surface area contributed by atoms with Crippen LogP contribution in [0.1, 0.15) is 42.5 Å². The summed E-state index contributed by atoms with van der Waals surface area (Å²) in [7, 11) is -7.59. The predicted molar refractivity (Wildman–Crippen MR) is 143 cm³/mol. The first-order valence-corrected chi connectivity index (χ1v) is 16.4. The standard InChI is InChI=1S/C26H29ClF2N2O7S2/c27-20-6-2-15(25(33)30-18-5-7-21(28)22(29)13-18)10-23(20)40(37,38)19-11-16-3-4-17(12-19)26(16,34)24(32)14-31-8-1-9-39(31,35)36/h2,5-7,10,13,16-17,19,24,32,34H,1,3-4,8-9,11-12,14H2,(H,30,33)/t16-,17+,19?,24?,26?. The Morgan fingerprint density at radius 2 is 1.80 bits per heavy atom. The Hall–Kier alpha value is -2.16. The molecule has 3 aliphatic rings. The molecule has 2 saturated carbocycles. The predicted octanol–water partition coefficient (Wildman–Crippen LogP) is 2.96. The fourth-order valence-electron chi connectivity index (χ4n) is 6.39. The summed E-state index contributed by atoms with van der Waals surface area (Å²) in [5, 5.41) is 23.9. The lowest BCUT2D eigenvalue weighted by atomic mass is 9.71. The number of halogens is 3. The summed E-state index contributed by atoms with van der Waals surface area (Å²) >= 11 is 6.27. The van der Waals surface area contributed by atoms with Crippen LogP contribution in [0.4, 0.5) is 14.5 Å². The number of carbonyl (C=O) groups excluding carboxylic acids is 1. The van der Waals surface area contributed by atoms with Crippen molar-refractivity contribution in [1.29, 1.82) is 0 Å². The molecule has 2 aromatic rings. The fraction of sp³-hybridized carbons (Fsp3) is 0.500. The first-order chi connectivity index (χ1) is 18.7. The van der Waals surface area contributed by atoms with E-state index in [1.54, 1.807) is 0 Å². The van der Waals surface area contributed by atoms with Crippen LogP contribution >= 0.6 is 11.6 Å². The van der Waals surface area contributed by atoms with Crippen LogP contribution < -0.4 is 5.32 Å². The molecule has 1 amide bonds. The number of sulfone groups is 1. The maximum atomic E-state index is 13.7. The summed E-state index contributed by atoms with van der Waals surface area (Å²) in [6.45, 7) is 0.0184. The highest BCUT2D eigenvalue weighted by molar-refractivity contribution is 7.92. The fourth-order valence-corrected chi connectivity index (χ4v) is 10.3. The number of anilines is 1. The molecule has 0 spiro atoms. The lowest BCUT2D eigenvalue weighted by molar-refractivity contribution is -0.144. The number of rotatable bonds is 7. The van der Waals surface area contributed by atoms with Crippen molar-refractivity contribution in [1.82, 2.24) is 4.31 Å². The molecule has 9 nitrogen and oxygen atoms in total. The zero-order valence-corrected chi connectivity index (χ0v) is 23.7. The molecule has 1 saturated heterocycles. The SMILES string of the molecule is O=C(Nc1ccc(F)c(F)c1)c1ccc(Cl)c(S(=O)(=O)C2C[C@H]3CC[C@@H](C2)C3(O)C(O)CN2CCCS2(=O)=O)c1. The number of nitrogens with zero attached hydrogens (tertiary/aromatic N) is 1. The summed E-state index contributed by atoms with van der Waals surface area (Å²) in [5.74, 6) is -4.16. The van der Waals surface area contributed by atoms with Crippen molar-refractivity contribution >= 4 is 43.1 Å². The van der Waals surface area contributed by atoms with E-state index in [2.05, 4.69) is 5.32 Å². The molecule has 3 N–H and O–H groups in total. The molecule has 5 atom stereocenters. The van der Waals surface area contributed by atoms with Crippen molar-refractivity contribution in [3.63, 3.8) is 0 Å². The molecule has 2 bridgehead atoms. The summed E-state index contributed by atoms with van der Waals surface area (Å²) < 4.78 is 79.9. The smallest absolute Gasteiger partial charge is 0.255 e. The number of benzene rings is 2. The van der Waals surface area contributed by atoms with Crippen molar-refractivity contribution in [2.45, 2.75) is 54.0 Å². The van der Waals surface area contributed by atoms with Crippen LogP contribution in [0.15, 0.2) is 41.3 Å². The number of hydrogen-bond acceptors (Lipinski definition) is 7. The molecule has 1 heterocycles.